The van der Waals surface area contributed by atoms with Gasteiger partial charge in [0.25, 0.3) is 0 Å². The highest BCUT2D eigenvalue weighted by molar-refractivity contribution is 7.80. The van der Waals surface area contributed by atoms with E-state index in [1.165, 1.54) is 5.69 Å². The van der Waals surface area contributed by atoms with Gasteiger partial charge in [-0.15, -0.1) is 0 Å². The number of aromatic nitrogens is 3. The van der Waals surface area contributed by atoms with Crippen LogP contribution in [-0.4, -0.2) is 31.7 Å². The number of methoxy groups -OCH3 is 1. The van der Waals surface area contributed by atoms with E-state index in [9.17, 15) is 0 Å². The first kappa shape index (κ1) is 21.2. The molecule has 0 spiro atoms. The fourth-order valence-corrected chi connectivity index (χ4v) is 4.66. The van der Waals surface area contributed by atoms with E-state index in [4.69, 9.17) is 17.0 Å². The second-order valence-electron chi connectivity index (χ2n) is 8.02. The normalized spacial score (nSPS) is 17.7. The van der Waals surface area contributed by atoms with E-state index in [2.05, 4.69) is 67.3 Å². The van der Waals surface area contributed by atoms with E-state index in [1.807, 2.05) is 42.7 Å². The van der Waals surface area contributed by atoms with E-state index in [-0.39, 0.29) is 12.1 Å². The molecule has 1 fully saturated rings. The first-order chi connectivity index (χ1) is 16.2. The predicted molar refractivity (Wildman–Crippen MR) is 132 cm³/mol. The van der Waals surface area contributed by atoms with Crippen LogP contribution in [0.5, 0.6) is 5.75 Å². The molecule has 2 atom stereocenters. The molecule has 4 heterocycles. The lowest BCUT2D eigenvalue weighted by molar-refractivity contribution is 0.298. The first-order valence-electron chi connectivity index (χ1n) is 10.9. The number of ether oxygens (including phenoxy) is 1. The third-order valence-electron chi connectivity index (χ3n) is 5.95. The SMILES string of the molecule is COc1ccc(CN2C(=S)N[C@H](c3ccccn3)[C@H]2c2cccn2Cc2cccnc2)cc1. The molecule has 1 N–H and O–H groups in total. The Labute approximate surface area is 198 Å². The molecule has 0 radical (unpaired) electrons. The van der Waals surface area contributed by atoms with Gasteiger partial charge in [0.05, 0.1) is 24.9 Å². The Bertz CT molecular complexity index is 1210. The Balaban J connectivity index is 1.52. The predicted octanol–water partition coefficient (Wildman–Crippen LogP) is 4.51. The molecule has 0 bridgehead atoms. The lowest BCUT2D eigenvalue weighted by atomic mass is 10.0. The van der Waals surface area contributed by atoms with E-state index >= 15 is 0 Å². The number of pyridine rings is 2. The van der Waals surface area contributed by atoms with Gasteiger partial charge in [-0.25, -0.2) is 0 Å². The maximum atomic E-state index is 5.83. The highest BCUT2D eigenvalue weighted by Crippen LogP contribution is 2.39. The van der Waals surface area contributed by atoms with Crippen molar-refractivity contribution >= 4 is 17.3 Å². The first-order valence-corrected chi connectivity index (χ1v) is 11.3. The zero-order chi connectivity index (χ0) is 22.6. The third-order valence-corrected chi connectivity index (χ3v) is 6.31. The van der Waals surface area contributed by atoms with Crippen molar-refractivity contribution in [2.24, 2.45) is 0 Å². The summed E-state index contributed by atoms with van der Waals surface area (Å²) in [5.41, 5.74) is 4.46. The quantitative estimate of drug-likeness (QED) is 0.414. The van der Waals surface area contributed by atoms with Crippen LogP contribution < -0.4 is 10.1 Å². The van der Waals surface area contributed by atoms with Gasteiger partial charge < -0.3 is 19.5 Å². The van der Waals surface area contributed by atoms with Crippen LogP contribution in [-0.2, 0) is 13.1 Å². The molecule has 3 aromatic heterocycles. The third kappa shape index (κ3) is 4.45. The summed E-state index contributed by atoms with van der Waals surface area (Å²) >= 11 is 5.83. The molecule has 5 rings (SSSR count). The van der Waals surface area contributed by atoms with Gasteiger partial charge in [-0.3, -0.25) is 9.97 Å². The van der Waals surface area contributed by atoms with Gasteiger partial charge in [0, 0.05) is 43.6 Å². The van der Waals surface area contributed by atoms with Crippen LogP contribution in [0.2, 0.25) is 0 Å². The minimum absolute atomic E-state index is 0.0128. The Hall–Kier alpha value is -3.71. The maximum absolute atomic E-state index is 5.83. The molecule has 166 valence electrons. The summed E-state index contributed by atoms with van der Waals surface area (Å²) in [6.07, 6.45) is 7.66. The van der Waals surface area contributed by atoms with Gasteiger partial charge >= 0.3 is 0 Å². The molecule has 1 saturated heterocycles. The fraction of sp³-hybridized carbons (Fsp3) is 0.192. The Morgan fingerprint density at radius 2 is 1.82 bits per heavy atom. The summed E-state index contributed by atoms with van der Waals surface area (Å²) in [5.74, 6) is 0.842. The lowest BCUT2D eigenvalue weighted by Gasteiger charge is -2.29. The van der Waals surface area contributed by atoms with Crippen molar-refractivity contribution in [1.82, 2.24) is 24.8 Å². The highest BCUT2D eigenvalue weighted by Gasteiger charge is 2.41. The summed E-state index contributed by atoms with van der Waals surface area (Å²) in [6.45, 7) is 1.42. The highest BCUT2D eigenvalue weighted by atomic mass is 32.1. The van der Waals surface area contributed by atoms with Crippen LogP contribution in [0.4, 0.5) is 0 Å². The maximum Gasteiger partial charge on any atom is 0.170 e. The zero-order valence-electron chi connectivity index (χ0n) is 18.3. The van der Waals surface area contributed by atoms with Gasteiger partial charge in [0.1, 0.15) is 5.75 Å². The number of hydrogen-bond donors (Lipinski definition) is 1. The molecule has 1 aromatic carbocycles. The van der Waals surface area contributed by atoms with Crippen molar-refractivity contribution in [3.05, 3.63) is 114 Å². The van der Waals surface area contributed by atoms with Crippen molar-refractivity contribution in [3.63, 3.8) is 0 Å². The number of rotatable bonds is 7. The Kier molecular flexibility index (Phi) is 6.04. The summed E-state index contributed by atoms with van der Waals surface area (Å²) in [5, 5.41) is 4.26. The molecule has 7 heteroatoms. The van der Waals surface area contributed by atoms with Crippen LogP contribution in [0.1, 0.15) is 34.6 Å². The van der Waals surface area contributed by atoms with Crippen LogP contribution in [0, 0.1) is 0 Å². The molecule has 0 amide bonds. The molecular weight excluding hydrogens is 430 g/mol. The number of hydrogen-bond acceptors (Lipinski definition) is 4. The Morgan fingerprint density at radius 3 is 2.55 bits per heavy atom. The van der Waals surface area contributed by atoms with Crippen LogP contribution in [0.25, 0.3) is 0 Å². The van der Waals surface area contributed by atoms with Gasteiger partial charge in [0.2, 0.25) is 0 Å². The summed E-state index contributed by atoms with van der Waals surface area (Å²) < 4.78 is 7.59. The second kappa shape index (κ2) is 9.42. The van der Waals surface area contributed by atoms with Crippen LogP contribution in [0.3, 0.4) is 0 Å². The fourth-order valence-electron chi connectivity index (χ4n) is 4.35. The van der Waals surface area contributed by atoms with Crippen LogP contribution in [0.15, 0.2) is 91.5 Å². The number of thiocarbonyl (C=S) groups is 1. The van der Waals surface area contributed by atoms with Crippen molar-refractivity contribution in [2.75, 3.05) is 7.11 Å². The minimum Gasteiger partial charge on any atom is -0.497 e. The molecular formula is C26H25N5OS. The minimum atomic E-state index is -0.0560. The standard InChI is InChI=1S/C26H25N5OS/c1-32-21-11-9-19(10-12-21)18-31-25(24(29-26(31)33)22-7-2-3-14-28-22)23-8-5-15-30(23)17-20-6-4-13-27-16-20/h2-16,24-25H,17-18H2,1H3,(H,29,33)/t24-,25-/m1/s1. The number of nitrogens with one attached hydrogen (secondary N) is 1. The van der Waals surface area contributed by atoms with Crippen molar-refractivity contribution in [1.29, 1.82) is 0 Å². The van der Waals surface area contributed by atoms with Crippen molar-refractivity contribution in [2.45, 2.75) is 25.2 Å². The van der Waals surface area contributed by atoms with E-state index in [1.54, 1.807) is 13.3 Å². The topological polar surface area (TPSA) is 55.2 Å². The average molecular weight is 456 g/mol. The van der Waals surface area contributed by atoms with Crippen molar-refractivity contribution in [3.8, 4) is 5.75 Å². The zero-order valence-corrected chi connectivity index (χ0v) is 19.2. The average Bonchev–Trinajstić information content (AvgIpc) is 3.44. The van der Waals surface area contributed by atoms with Gasteiger partial charge in [-0.05, 0) is 65.8 Å². The molecule has 0 unspecified atom stereocenters. The van der Waals surface area contributed by atoms with Crippen LogP contribution >= 0.6 is 12.2 Å². The molecule has 0 aliphatic carbocycles. The smallest absolute Gasteiger partial charge is 0.170 e. The van der Waals surface area contributed by atoms with Gasteiger partial charge in [-0.2, -0.15) is 0 Å². The number of nitrogens with zero attached hydrogens (tertiary/aromatic N) is 4. The Morgan fingerprint density at radius 1 is 0.939 bits per heavy atom. The van der Waals surface area contributed by atoms with Crippen molar-refractivity contribution < 1.29 is 4.74 Å². The summed E-state index contributed by atoms with van der Waals surface area (Å²) in [4.78, 5) is 11.2. The largest absolute Gasteiger partial charge is 0.497 e. The lowest BCUT2D eigenvalue weighted by Crippen LogP contribution is -2.30. The number of benzene rings is 1. The van der Waals surface area contributed by atoms with Gasteiger partial charge in [-0.1, -0.05) is 24.3 Å². The van der Waals surface area contributed by atoms with E-state index in [0.717, 1.165) is 34.2 Å². The van der Waals surface area contributed by atoms with Gasteiger partial charge in [0.15, 0.2) is 5.11 Å². The molecule has 33 heavy (non-hydrogen) atoms. The monoisotopic (exact) mass is 455 g/mol. The van der Waals surface area contributed by atoms with E-state index < -0.39 is 0 Å². The summed E-state index contributed by atoms with van der Waals surface area (Å²) in [6, 6.07) is 22.4. The van der Waals surface area contributed by atoms with E-state index in [0.29, 0.717) is 6.54 Å². The molecule has 0 saturated carbocycles. The second-order valence-corrected chi connectivity index (χ2v) is 8.41. The summed E-state index contributed by atoms with van der Waals surface area (Å²) in [7, 11) is 1.68. The molecule has 1 aliphatic heterocycles. The molecule has 1 aliphatic rings. The molecule has 4 aromatic rings. The molecule has 6 nitrogen and oxygen atoms in total.